The molecule has 3 heterocycles. The molecule has 3 rings (SSSR count). The summed E-state index contributed by atoms with van der Waals surface area (Å²) >= 11 is 3.40. The summed E-state index contributed by atoms with van der Waals surface area (Å²) in [5.74, 6) is 0. The van der Waals surface area contributed by atoms with Crippen molar-refractivity contribution in [2.45, 2.75) is 33.4 Å². The van der Waals surface area contributed by atoms with Gasteiger partial charge in [-0.1, -0.05) is 17.7 Å². The van der Waals surface area contributed by atoms with Crippen molar-refractivity contribution in [1.29, 1.82) is 0 Å². The predicted molar refractivity (Wildman–Crippen MR) is 104 cm³/mol. The average molecular weight is 418 g/mol. The zero-order valence-corrected chi connectivity index (χ0v) is 16.5. The van der Waals surface area contributed by atoms with Gasteiger partial charge >= 0.3 is 5.69 Å². The Morgan fingerprint density at radius 3 is 2.69 bits per heavy atom. The van der Waals surface area contributed by atoms with E-state index < -0.39 is 0 Å². The summed E-state index contributed by atoms with van der Waals surface area (Å²) < 4.78 is 5.00. The second-order valence-electron chi connectivity index (χ2n) is 6.35. The quantitative estimate of drug-likeness (QED) is 0.471. The number of halogens is 1. The fourth-order valence-electron chi connectivity index (χ4n) is 2.77. The Labute approximate surface area is 158 Å². The van der Waals surface area contributed by atoms with Crippen molar-refractivity contribution in [2.75, 3.05) is 0 Å². The molecule has 0 N–H and O–H groups in total. The monoisotopic (exact) mass is 417 g/mol. The molecule has 26 heavy (non-hydrogen) atoms. The standard InChI is InChI=1S/C18H20BrN5O2/c1-12(2)6-9-23-14-15(21-17(23)19)22(3)18(26)24(16(14)25)10-7-13-5-4-8-20-11-13/h4-6,8,11H,7,9-10H2,1-3H3. The van der Waals surface area contributed by atoms with Crippen LogP contribution in [-0.4, -0.2) is 23.7 Å². The summed E-state index contributed by atoms with van der Waals surface area (Å²) in [6, 6.07) is 3.77. The second-order valence-corrected chi connectivity index (χ2v) is 7.06. The van der Waals surface area contributed by atoms with Crippen LogP contribution in [0.25, 0.3) is 11.2 Å². The zero-order valence-electron chi connectivity index (χ0n) is 14.9. The predicted octanol–water partition coefficient (Wildman–Crippen LogP) is 2.26. The highest BCUT2D eigenvalue weighted by Crippen LogP contribution is 2.16. The van der Waals surface area contributed by atoms with Gasteiger partial charge in [-0.25, -0.2) is 9.78 Å². The van der Waals surface area contributed by atoms with E-state index >= 15 is 0 Å². The molecule has 0 spiro atoms. The lowest BCUT2D eigenvalue weighted by atomic mass is 10.2. The second kappa shape index (κ2) is 7.41. The Bertz CT molecular complexity index is 1090. The minimum atomic E-state index is -0.370. The molecule has 0 saturated heterocycles. The molecule has 0 aliphatic rings. The summed E-state index contributed by atoms with van der Waals surface area (Å²) in [6.07, 6.45) is 6.00. The number of aryl methyl sites for hydroxylation is 2. The summed E-state index contributed by atoms with van der Waals surface area (Å²) in [7, 11) is 1.63. The molecule has 0 aliphatic heterocycles. The maximum Gasteiger partial charge on any atom is 0.332 e. The van der Waals surface area contributed by atoms with E-state index in [0.29, 0.717) is 35.4 Å². The van der Waals surface area contributed by atoms with Gasteiger partial charge in [0.25, 0.3) is 5.56 Å². The van der Waals surface area contributed by atoms with Crippen LogP contribution in [0.15, 0.2) is 50.5 Å². The summed E-state index contributed by atoms with van der Waals surface area (Å²) in [5, 5.41) is 0. The van der Waals surface area contributed by atoms with Crippen LogP contribution >= 0.6 is 15.9 Å². The highest BCUT2D eigenvalue weighted by Gasteiger charge is 2.18. The Kier molecular flexibility index (Phi) is 5.22. The maximum absolute atomic E-state index is 13.0. The SMILES string of the molecule is CC(C)=CCn1c(Br)nc2c1c(=O)n(CCc1cccnc1)c(=O)n2C. The molecule has 3 aromatic rings. The van der Waals surface area contributed by atoms with Crippen molar-refractivity contribution in [1.82, 2.24) is 23.7 Å². The molecule has 0 aliphatic carbocycles. The lowest BCUT2D eigenvalue weighted by Gasteiger charge is -2.09. The van der Waals surface area contributed by atoms with Crippen LogP contribution < -0.4 is 11.2 Å². The molecule has 136 valence electrons. The smallest absolute Gasteiger partial charge is 0.309 e. The number of allylic oxidation sites excluding steroid dienone is 2. The number of hydrogen-bond acceptors (Lipinski definition) is 4. The van der Waals surface area contributed by atoms with Crippen molar-refractivity contribution >= 4 is 27.1 Å². The van der Waals surface area contributed by atoms with Gasteiger partial charge in [0.15, 0.2) is 15.9 Å². The first-order valence-electron chi connectivity index (χ1n) is 8.28. The molecular formula is C18H20BrN5O2. The molecule has 3 aromatic heterocycles. The first kappa shape index (κ1) is 18.3. The molecule has 0 saturated carbocycles. The van der Waals surface area contributed by atoms with Gasteiger partial charge in [0, 0.05) is 32.5 Å². The van der Waals surface area contributed by atoms with Crippen LogP contribution in [0.5, 0.6) is 0 Å². The molecule has 0 radical (unpaired) electrons. The van der Waals surface area contributed by atoms with Gasteiger partial charge in [0.05, 0.1) is 0 Å². The number of pyridine rings is 1. The third kappa shape index (κ3) is 3.41. The molecular weight excluding hydrogens is 398 g/mol. The molecule has 0 bridgehead atoms. The van der Waals surface area contributed by atoms with E-state index in [0.717, 1.165) is 11.1 Å². The van der Waals surface area contributed by atoms with Crippen LogP contribution in [0.1, 0.15) is 19.4 Å². The van der Waals surface area contributed by atoms with E-state index in [-0.39, 0.29) is 11.2 Å². The number of fused-ring (bicyclic) bond motifs is 1. The highest BCUT2D eigenvalue weighted by atomic mass is 79.9. The van der Waals surface area contributed by atoms with Gasteiger partial charge in [-0.2, -0.15) is 0 Å². The van der Waals surface area contributed by atoms with Gasteiger partial charge < -0.3 is 4.57 Å². The number of nitrogens with zero attached hydrogens (tertiary/aromatic N) is 5. The molecule has 0 fully saturated rings. The van der Waals surface area contributed by atoms with E-state index in [1.807, 2.05) is 32.1 Å². The third-order valence-corrected chi connectivity index (χ3v) is 4.82. The number of rotatable bonds is 5. The van der Waals surface area contributed by atoms with Crippen LogP contribution in [-0.2, 0) is 26.6 Å². The number of aromatic nitrogens is 5. The molecule has 0 amide bonds. The van der Waals surface area contributed by atoms with Gasteiger partial charge in [-0.05, 0) is 47.8 Å². The summed E-state index contributed by atoms with van der Waals surface area (Å²) in [4.78, 5) is 34.1. The van der Waals surface area contributed by atoms with Crippen LogP contribution in [0.2, 0.25) is 0 Å². The van der Waals surface area contributed by atoms with E-state index in [1.165, 1.54) is 9.13 Å². The Hall–Kier alpha value is -2.48. The number of hydrogen-bond donors (Lipinski definition) is 0. The fraction of sp³-hybridized carbons (Fsp3) is 0.333. The lowest BCUT2D eigenvalue weighted by Crippen LogP contribution is -2.40. The van der Waals surface area contributed by atoms with Crippen molar-refractivity contribution in [3.63, 3.8) is 0 Å². The molecule has 0 atom stereocenters. The fourth-order valence-corrected chi connectivity index (χ4v) is 3.26. The van der Waals surface area contributed by atoms with E-state index in [4.69, 9.17) is 0 Å². The van der Waals surface area contributed by atoms with E-state index in [2.05, 4.69) is 25.9 Å². The van der Waals surface area contributed by atoms with Gasteiger partial charge in [0.1, 0.15) is 0 Å². The van der Waals surface area contributed by atoms with Crippen LogP contribution in [0, 0.1) is 0 Å². The van der Waals surface area contributed by atoms with Gasteiger partial charge in [-0.3, -0.25) is 18.9 Å². The Morgan fingerprint density at radius 2 is 2.04 bits per heavy atom. The zero-order chi connectivity index (χ0) is 18.8. The maximum atomic E-state index is 13.0. The van der Waals surface area contributed by atoms with Crippen molar-refractivity contribution in [3.05, 3.63) is 67.3 Å². The molecule has 0 unspecified atom stereocenters. The van der Waals surface area contributed by atoms with Crippen molar-refractivity contribution in [2.24, 2.45) is 7.05 Å². The number of imidazole rings is 1. The highest BCUT2D eigenvalue weighted by molar-refractivity contribution is 9.10. The third-order valence-electron chi connectivity index (χ3n) is 4.21. The lowest BCUT2D eigenvalue weighted by molar-refractivity contribution is 0.599. The van der Waals surface area contributed by atoms with Gasteiger partial charge in [0.2, 0.25) is 0 Å². The first-order chi connectivity index (χ1) is 12.4. The van der Waals surface area contributed by atoms with Crippen molar-refractivity contribution < 1.29 is 0 Å². The normalized spacial score (nSPS) is 11.1. The van der Waals surface area contributed by atoms with E-state index in [9.17, 15) is 9.59 Å². The molecule has 7 nitrogen and oxygen atoms in total. The largest absolute Gasteiger partial charge is 0.332 e. The first-order valence-corrected chi connectivity index (χ1v) is 9.07. The topological polar surface area (TPSA) is 74.7 Å². The Morgan fingerprint density at radius 1 is 1.27 bits per heavy atom. The van der Waals surface area contributed by atoms with Gasteiger partial charge in [-0.15, -0.1) is 0 Å². The summed E-state index contributed by atoms with van der Waals surface area (Å²) in [5.41, 5.74) is 2.22. The van der Waals surface area contributed by atoms with Crippen molar-refractivity contribution in [3.8, 4) is 0 Å². The Balaban J connectivity index is 2.12. The minimum Gasteiger partial charge on any atom is -0.309 e. The molecule has 0 aromatic carbocycles. The minimum absolute atomic E-state index is 0.290. The molecule has 8 heteroatoms. The van der Waals surface area contributed by atoms with Crippen LogP contribution in [0.3, 0.4) is 0 Å². The average Bonchev–Trinajstić information content (AvgIpc) is 2.95. The van der Waals surface area contributed by atoms with Crippen LogP contribution in [0.4, 0.5) is 0 Å². The summed E-state index contributed by atoms with van der Waals surface area (Å²) in [6.45, 7) is 4.79. The van der Waals surface area contributed by atoms with E-state index in [1.54, 1.807) is 24.0 Å².